The van der Waals surface area contributed by atoms with Gasteiger partial charge >= 0.3 is 0 Å². The minimum atomic E-state index is -0.423. The zero-order valence-electron chi connectivity index (χ0n) is 14.0. The summed E-state index contributed by atoms with van der Waals surface area (Å²) >= 11 is 0. The summed E-state index contributed by atoms with van der Waals surface area (Å²) in [7, 11) is 0. The van der Waals surface area contributed by atoms with E-state index in [-0.39, 0.29) is 11.8 Å². The molecule has 0 bridgehead atoms. The molecule has 0 saturated heterocycles. The van der Waals surface area contributed by atoms with E-state index in [1.54, 1.807) is 11.8 Å². The van der Waals surface area contributed by atoms with Crippen molar-refractivity contribution in [2.45, 2.75) is 52.5 Å². The standard InChI is InChI=1S/C18H28N2O2/c1-4-6-13-19-18(22)15(3)20(17(21)5-2)14-12-16-10-8-7-9-11-16/h7-11,15H,4-6,12-14H2,1-3H3,(H,19,22)/t15-/m0/s1. The van der Waals surface area contributed by atoms with E-state index in [0.29, 0.717) is 19.5 Å². The molecule has 0 aromatic heterocycles. The Hall–Kier alpha value is -1.84. The van der Waals surface area contributed by atoms with Crippen molar-refractivity contribution in [3.63, 3.8) is 0 Å². The molecule has 2 amide bonds. The number of carbonyl (C=O) groups excluding carboxylic acids is 2. The van der Waals surface area contributed by atoms with Crippen LogP contribution in [0.2, 0.25) is 0 Å². The third-order valence-corrected chi connectivity index (χ3v) is 3.78. The van der Waals surface area contributed by atoms with Gasteiger partial charge in [0, 0.05) is 19.5 Å². The zero-order chi connectivity index (χ0) is 16.4. The van der Waals surface area contributed by atoms with Crippen molar-refractivity contribution in [3.05, 3.63) is 35.9 Å². The summed E-state index contributed by atoms with van der Waals surface area (Å²) in [6.45, 7) is 6.97. The van der Waals surface area contributed by atoms with Gasteiger partial charge in [0.05, 0.1) is 0 Å². The number of hydrogen-bond acceptors (Lipinski definition) is 2. The molecule has 4 heteroatoms. The van der Waals surface area contributed by atoms with Gasteiger partial charge < -0.3 is 10.2 Å². The van der Waals surface area contributed by atoms with Crippen LogP contribution in [-0.2, 0) is 16.0 Å². The Morgan fingerprint density at radius 3 is 2.45 bits per heavy atom. The highest BCUT2D eigenvalue weighted by molar-refractivity contribution is 5.87. The first-order chi connectivity index (χ1) is 10.6. The molecule has 0 radical (unpaired) electrons. The summed E-state index contributed by atoms with van der Waals surface area (Å²) < 4.78 is 0. The van der Waals surface area contributed by atoms with Gasteiger partial charge in [0.15, 0.2) is 0 Å². The van der Waals surface area contributed by atoms with Crippen LogP contribution >= 0.6 is 0 Å². The molecule has 0 aliphatic carbocycles. The molecule has 1 aromatic carbocycles. The maximum absolute atomic E-state index is 12.2. The van der Waals surface area contributed by atoms with Crippen molar-refractivity contribution in [2.75, 3.05) is 13.1 Å². The predicted octanol–water partition coefficient (Wildman–Crippen LogP) is 2.77. The van der Waals surface area contributed by atoms with E-state index in [4.69, 9.17) is 0 Å². The van der Waals surface area contributed by atoms with Gasteiger partial charge in [-0.3, -0.25) is 9.59 Å². The van der Waals surface area contributed by atoms with Crippen LogP contribution in [-0.4, -0.2) is 35.8 Å². The lowest BCUT2D eigenvalue weighted by Crippen LogP contribution is -2.48. The zero-order valence-corrected chi connectivity index (χ0v) is 14.0. The van der Waals surface area contributed by atoms with Crippen molar-refractivity contribution in [3.8, 4) is 0 Å². The second-order valence-electron chi connectivity index (χ2n) is 5.50. The largest absolute Gasteiger partial charge is 0.354 e. The molecule has 0 fully saturated rings. The van der Waals surface area contributed by atoms with Crippen LogP contribution < -0.4 is 5.32 Å². The number of nitrogens with one attached hydrogen (secondary N) is 1. The van der Waals surface area contributed by atoms with Crippen molar-refractivity contribution >= 4 is 11.8 Å². The van der Waals surface area contributed by atoms with E-state index < -0.39 is 6.04 Å². The predicted molar refractivity (Wildman–Crippen MR) is 89.5 cm³/mol. The Labute approximate surface area is 133 Å². The average molecular weight is 304 g/mol. The number of hydrogen-bond donors (Lipinski definition) is 1. The lowest BCUT2D eigenvalue weighted by Gasteiger charge is -2.28. The average Bonchev–Trinajstić information content (AvgIpc) is 2.55. The second kappa shape index (κ2) is 9.98. The van der Waals surface area contributed by atoms with E-state index in [1.807, 2.05) is 37.3 Å². The molecule has 0 aliphatic heterocycles. The van der Waals surface area contributed by atoms with Crippen molar-refractivity contribution in [1.82, 2.24) is 10.2 Å². The summed E-state index contributed by atoms with van der Waals surface area (Å²) in [5, 5.41) is 2.91. The fraction of sp³-hybridized carbons (Fsp3) is 0.556. The summed E-state index contributed by atoms with van der Waals surface area (Å²) in [5.74, 6) is -0.0441. The molecule has 1 aromatic rings. The fourth-order valence-corrected chi connectivity index (χ4v) is 2.31. The topological polar surface area (TPSA) is 49.4 Å². The summed E-state index contributed by atoms with van der Waals surface area (Å²) in [4.78, 5) is 26.0. The quantitative estimate of drug-likeness (QED) is 0.713. The highest BCUT2D eigenvalue weighted by atomic mass is 16.2. The molecule has 122 valence electrons. The molecular weight excluding hydrogens is 276 g/mol. The Kier molecular flexibility index (Phi) is 8.26. The van der Waals surface area contributed by atoms with E-state index in [9.17, 15) is 9.59 Å². The van der Waals surface area contributed by atoms with Gasteiger partial charge in [-0.05, 0) is 25.3 Å². The van der Waals surface area contributed by atoms with Gasteiger partial charge in [-0.25, -0.2) is 0 Å². The van der Waals surface area contributed by atoms with Gasteiger partial charge in [0.2, 0.25) is 11.8 Å². The Morgan fingerprint density at radius 1 is 1.18 bits per heavy atom. The second-order valence-corrected chi connectivity index (χ2v) is 5.50. The SMILES string of the molecule is CCCCNC(=O)[C@H](C)N(CCc1ccccc1)C(=O)CC. The monoisotopic (exact) mass is 304 g/mol. The molecule has 1 N–H and O–H groups in total. The van der Waals surface area contributed by atoms with E-state index >= 15 is 0 Å². The first kappa shape index (κ1) is 18.2. The lowest BCUT2D eigenvalue weighted by atomic mass is 10.1. The molecule has 0 heterocycles. The van der Waals surface area contributed by atoms with Crippen LogP contribution in [0.3, 0.4) is 0 Å². The highest BCUT2D eigenvalue weighted by Gasteiger charge is 2.24. The van der Waals surface area contributed by atoms with Gasteiger partial charge in [-0.2, -0.15) is 0 Å². The van der Waals surface area contributed by atoms with Crippen LogP contribution in [0.4, 0.5) is 0 Å². The van der Waals surface area contributed by atoms with Gasteiger partial charge in [0.25, 0.3) is 0 Å². The minimum Gasteiger partial charge on any atom is -0.354 e. The third kappa shape index (κ3) is 5.88. The number of nitrogens with zero attached hydrogens (tertiary/aromatic N) is 1. The van der Waals surface area contributed by atoms with Crippen LogP contribution in [0.25, 0.3) is 0 Å². The lowest BCUT2D eigenvalue weighted by molar-refractivity contribution is -0.139. The Balaban J connectivity index is 2.62. The van der Waals surface area contributed by atoms with Crippen molar-refractivity contribution in [2.24, 2.45) is 0 Å². The molecule has 4 nitrogen and oxygen atoms in total. The van der Waals surface area contributed by atoms with Crippen LogP contribution in [0.1, 0.15) is 45.6 Å². The summed E-state index contributed by atoms with van der Waals surface area (Å²) in [5.41, 5.74) is 1.18. The first-order valence-electron chi connectivity index (χ1n) is 8.21. The van der Waals surface area contributed by atoms with Gasteiger partial charge in [-0.1, -0.05) is 50.6 Å². The fourth-order valence-electron chi connectivity index (χ4n) is 2.31. The Morgan fingerprint density at radius 2 is 1.86 bits per heavy atom. The van der Waals surface area contributed by atoms with Gasteiger partial charge in [-0.15, -0.1) is 0 Å². The molecule has 1 atom stereocenters. The number of rotatable bonds is 9. The van der Waals surface area contributed by atoms with Gasteiger partial charge in [0.1, 0.15) is 6.04 Å². The maximum atomic E-state index is 12.2. The molecule has 0 spiro atoms. The molecule has 22 heavy (non-hydrogen) atoms. The highest BCUT2D eigenvalue weighted by Crippen LogP contribution is 2.07. The smallest absolute Gasteiger partial charge is 0.242 e. The van der Waals surface area contributed by atoms with Crippen LogP contribution in [0, 0.1) is 0 Å². The molecule has 1 rings (SSSR count). The number of benzene rings is 1. The summed E-state index contributed by atoms with van der Waals surface area (Å²) in [6, 6.07) is 9.61. The van der Waals surface area contributed by atoms with Crippen LogP contribution in [0.15, 0.2) is 30.3 Å². The number of carbonyl (C=O) groups is 2. The minimum absolute atomic E-state index is 0.0223. The molecule has 0 aliphatic rings. The summed E-state index contributed by atoms with van der Waals surface area (Å²) in [6.07, 6.45) is 3.19. The van der Waals surface area contributed by atoms with E-state index in [0.717, 1.165) is 19.3 Å². The maximum Gasteiger partial charge on any atom is 0.242 e. The normalized spacial score (nSPS) is 11.8. The van der Waals surface area contributed by atoms with Crippen molar-refractivity contribution < 1.29 is 9.59 Å². The molecule has 0 unspecified atom stereocenters. The number of amides is 2. The number of unbranched alkanes of at least 4 members (excludes halogenated alkanes) is 1. The molecule has 0 saturated carbocycles. The van der Waals surface area contributed by atoms with E-state index in [1.165, 1.54) is 5.56 Å². The van der Waals surface area contributed by atoms with E-state index in [2.05, 4.69) is 12.2 Å². The molecular formula is C18H28N2O2. The van der Waals surface area contributed by atoms with Crippen LogP contribution in [0.5, 0.6) is 0 Å². The third-order valence-electron chi connectivity index (χ3n) is 3.78. The Bertz CT molecular complexity index is 459. The van der Waals surface area contributed by atoms with Crippen molar-refractivity contribution in [1.29, 1.82) is 0 Å². The first-order valence-corrected chi connectivity index (χ1v) is 8.21.